The zero-order chi connectivity index (χ0) is 13.1. The van der Waals surface area contributed by atoms with E-state index in [-0.39, 0.29) is 0 Å². The quantitative estimate of drug-likeness (QED) is 0.808. The summed E-state index contributed by atoms with van der Waals surface area (Å²) in [6.45, 7) is 9.50. The van der Waals surface area contributed by atoms with Gasteiger partial charge in [0.1, 0.15) is 10.8 Å². The molecule has 0 aliphatic heterocycles. The molecule has 4 heteroatoms. The highest BCUT2D eigenvalue weighted by molar-refractivity contribution is 7.80. The maximum atomic E-state index is 5.63. The molecule has 1 aromatic heterocycles. The number of anilines is 1. The molecule has 0 saturated carbocycles. The van der Waals surface area contributed by atoms with Crippen LogP contribution >= 0.6 is 12.2 Å². The Balaban J connectivity index is 2.68. The minimum Gasteiger partial charge on any atom is -0.389 e. The summed E-state index contributed by atoms with van der Waals surface area (Å²) >= 11 is 4.98. The molecule has 0 atom stereocenters. The number of nitrogens with one attached hydrogen (secondary N) is 1. The topological polar surface area (TPSA) is 50.9 Å². The summed E-state index contributed by atoms with van der Waals surface area (Å²) in [6, 6.07) is 3.80. The Hall–Kier alpha value is -1.16. The van der Waals surface area contributed by atoms with Crippen LogP contribution in [0.15, 0.2) is 12.1 Å². The van der Waals surface area contributed by atoms with Crippen LogP contribution < -0.4 is 11.1 Å². The van der Waals surface area contributed by atoms with E-state index in [1.165, 1.54) is 0 Å². The molecule has 1 heterocycles. The van der Waals surface area contributed by atoms with Crippen LogP contribution in [0.5, 0.6) is 0 Å². The number of hydrogen-bond donors (Lipinski definition) is 2. The molecule has 0 fully saturated rings. The van der Waals surface area contributed by atoms with E-state index in [4.69, 9.17) is 18.0 Å². The smallest absolute Gasteiger partial charge is 0.126 e. The first-order valence-electron chi connectivity index (χ1n) is 5.80. The predicted molar refractivity (Wildman–Crippen MR) is 77.4 cm³/mol. The van der Waals surface area contributed by atoms with Crippen LogP contribution in [0.3, 0.4) is 0 Å². The lowest BCUT2D eigenvalue weighted by Crippen LogP contribution is -2.15. The van der Waals surface area contributed by atoms with Gasteiger partial charge in [0.2, 0.25) is 0 Å². The van der Waals surface area contributed by atoms with Crippen LogP contribution in [-0.4, -0.2) is 16.5 Å². The molecule has 3 N–H and O–H groups in total. The highest BCUT2D eigenvalue weighted by Crippen LogP contribution is 2.18. The fourth-order valence-electron chi connectivity index (χ4n) is 1.47. The molecule has 1 rings (SSSR count). The number of nitrogens with two attached hydrogens (primary N) is 1. The SMILES string of the molecule is Cc1cc(C(N)=S)cc(NCCC(C)(C)C)n1. The maximum Gasteiger partial charge on any atom is 0.126 e. The summed E-state index contributed by atoms with van der Waals surface area (Å²) in [6.07, 6.45) is 1.09. The number of aromatic nitrogens is 1. The summed E-state index contributed by atoms with van der Waals surface area (Å²) in [5.74, 6) is 0.844. The Morgan fingerprint density at radius 1 is 1.41 bits per heavy atom. The lowest BCUT2D eigenvalue weighted by Gasteiger charge is -2.18. The number of hydrogen-bond acceptors (Lipinski definition) is 3. The molecule has 94 valence electrons. The van der Waals surface area contributed by atoms with E-state index in [0.717, 1.165) is 30.0 Å². The second-order valence-electron chi connectivity index (χ2n) is 5.48. The van der Waals surface area contributed by atoms with Gasteiger partial charge in [-0.3, -0.25) is 0 Å². The van der Waals surface area contributed by atoms with Crippen molar-refractivity contribution >= 4 is 23.0 Å². The Morgan fingerprint density at radius 3 is 2.59 bits per heavy atom. The zero-order valence-corrected chi connectivity index (χ0v) is 11.8. The fourth-order valence-corrected chi connectivity index (χ4v) is 1.58. The molecular weight excluding hydrogens is 230 g/mol. The monoisotopic (exact) mass is 251 g/mol. The van der Waals surface area contributed by atoms with Gasteiger partial charge in [0.05, 0.1) is 0 Å². The number of rotatable bonds is 4. The van der Waals surface area contributed by atoms with Gasteiger partial charge in [-0.2, -0.15) is 0 Å². The van der Waals surface area contributed by atoms with E-state index < -0.39 is 0 Å². The van der Waals surface area contributed by atoms with E-state index in [1.807, 2.05) is 19.1 Å². The third-order valence-corrected chi connectivity index (χ3v) is 2.65. The number of thiocarbonyl (C=S) groups is 1. The molecule has 0 spiro atoms. The van der Waals surface area contributed by atoms with Crippen LogP contribution in [0.25, 0.3) is 0 Å². The van der Waals surface area contributed by atoms with Crippen molar-refractivity contribution in [2.24, 2.45) is 11.1 Å². The molecule has 0 saturated heterocycles. The first-order valence-corrected chi connectivity index (χ1v) is 6.21. The van der Waals surface area contributed by atoms with E-state index in [0.29, 0.717) is 10.4 Å². The number of nitrogens with zero attached hydrogens (tertiary/aromatic N) is 1. The standard InChI is InChI=1S/C13H21N3S/c1-9-7-10(12(14)17)8-11(16-9)15-6-5-13(2,3)4/h7-8H,5-6H2,1-4H3,(H2,14,17)(H,15,16). The first kappa shape index (κ1) is 13.9. The van der Waals surface area contributed by atoms with Gasteiger partial charge < -0.3 is 11.1 Å². The van der Waals surface area contributed by atoms with Crippen molar-refractivity contribution in [2.45, 2.75) is 34.1 Å². The Labute approximate surface area is 109 Å². The molecular formula is C13H21N3S. The van der Waals surface area contributed by atoms with Gasteiger partial charge in [-0.1, -0.05) is 33.0 Å². The van der Waals surface area contributed by atoms with Crippen LogP contribution in [0.2, 0.25) is 0 Å². The molecule has 1 aromatic rings. The Kier molecular flexibility index (Phi) is 4.46. The van der Waals surface area contributed by atoms with Crippen molar-refractivity contribution < 1.29 is 0 Å². The largest absolute Gasteiger partial charge is 0.389 e. The average Bonchev–Trinajstić information content (AvgIpc) is 2.14. The van der Waals surface area contributed by atoms with Crippen LogP contribution in [0, 0.1) is 12.3 Å². The van der Waals surface area contributed by atoms with Crippen molar-refractivity contribution in [1.82, 2.24) is 4.98 Å². The molecule has 0 radical (unpaired) electrons. The average molecular weight is 251 g/mol. The first-order chi connectivity index (χ1) is 7.78. The molecule has 0 amide bonds. The normalized spacial score (nSPS) is 11.3. The van der Waals surface area contributed by atoms with Gasteiger partial charge in [0.15, 0.2) is 0 Å². The minimum atomic E-state index is 0.322. The van der Waals surface area contributed by atoms with Gasteiger partial charge in [-0.25, -0.2) is 4.98 Å². The van der Waals surface area contributed by atoms with Gasteiger partial charge in [-0.15, -0.1) is 0 Å². The summed E-state index contributed by atoms with van der Waals surface area (Å²) in [7, 11) is 0. The van der Waals surface area contributed by atoms with Gasteiger partial charge >= 0.3 is 0 Å². The van der Waals surface area contributed by atoms with E-state index in [9.17, 15) is 0 Å². The minimum absolute atomic E-state index is 0.322. The lowest BCUT2D eigenvalue weighted by atomic mass is 9.92. The second kappa shape index (κ2) is 5.45. The second-order valence-corrected chi connectivity index (χ2v) is 5.92. The van der Waals surface area contributed by atoms with E-state index >= 15 is 0 Å². The van der Waals surface area contributed by atoms with Crippen LogP contribution in [0.4, 0.5) is 5.82 Å². The molecule has 0 aliphatic carbocycles. The van der Waals surface area contributed by atoms with Crippen LogP contribution in [0.1, 0.15) is 38.4 Å². The predicted octanol–water partition coefficient (Wildman–Crippen LogP) is 2.87. The van der Waals surface area contributed by atoms with E-state index in [1.54, 1.807) is 0 Å². The van der Waals surface area contributed by atoms with Crippen molar-refractivity contribution in [1.29, 1.82) is 0 Å². The lowest BCUT2D eigenvalue weighted by molar-refractivity contribution is 0.389. The van der Waals surface area contributed by atoms with Gasteiger partial charge in [-0.05, 0) is 30.9 Å². The summed E-state index contributed by atoms with van der Waals surface area (Å²) < 4.78 is 0. The highest BCUT2D eigenvalue weighted by atomic mass is 32.1. The van der Waals surface area contributed by atoms with Crippen LogP contribution in [-0.2, 0) is 0 Å². The van der Waals surface area contributed by atoms with Crippen molar-refractivity contribution in [3.8, 4) is 0 Å². The van der Waals surface area contributed by atoms with Gasteiger partial charge in [0.25, 0.3) is 0 Å². The molecule has 0 unspecified atom stereocenters. The summed E-state index contributed by atoms with van der Waals surface area (Å²) in [5.41, 5.74) is 7.74. The molecule has 0 aromatic carbocycles. The van der Waals surface area contributed by atoms with Crippen molar-refractivity contribution in [2.75, 3.05) is 11.9 Å². The molecule has 3 nitrogen and oxygen atoms in total. The Morgan fingerprint density at radius 2 is 2.06 bits per heavy atom. The van der Waals surface area contributed by atoms with Crippen molar-refractivity contribution in [3.05, 3.63) is 23.4 Å². The van der Waals surface area contributed by atoms with Gasteiger partial charge in [0, 0.05) is 17.8 Å². The van der Waals surface area contributed by atoms with Crippen molar-refractivity contribution in [3.63, 3.8) is 0 Å². The third kappa shape index (κ3) is 5.13. The maximum absolute atomic E-state index is 5.63. The summed E-state index contributed by atoms with van der Waals surface area (Å²) in [5, 5.41) is 3.31. The highest BCUT2D eigenvalue weighted by Gasteiger charge is 2.09. The summed E-state index contributed by atoms with van der Waals surface area (Å²) in [4.78, 5) is 4.82. The zero-order valence-electron chi connectivity index (χ0n) is 11.0. The Bertz CT molecular complexity index is 408. The number of aryl methyl sites for hydroxylation is 1. The fraction of sp³-hybridized carbons (Fsp3) is 0.538. The number of pyridine rings is 1. The molecule has 0 bridgehead atoms. The third-order valence-electron chi connectivity index (χ3n) is 2.42. The molecule has 0 aliphatic rings. The molecule has 17 heavy (non-hydrogen) atoms. The van der Waals surface area contributed by atoms with E-state index in [2.05, 4.69) is 31.1 Å².